The van der Waals surface area contributed by atoms with Gasteiger partial charge in [-0.3, -0.25) is 0 Å². The van der Waals surface area contributed by atoms with E-state index in [1.165, 1.54) is 23.2 Å². The van der Waals surface area contributed by atoms with Gasteiger partial charge in [-0.05, 0) is 50.8 Å². The third-order valence-corrected chi connectivity index (χ3v) is 5.45. The third kappa shape index (κ3) is 3.59. The molecule has 2 heteroatoms. The number of rotatable bonds is 5. The van der Waals surface area contributed by atoms with Gasteiger partial charge in [0.2, 0.25) is 0 Å². The van der Waals surface area contributed by atoms with E-state index in [9.17, 15) is 0 Å². The second-order valence-corrected chi connectivity index (χ2v) is 7.64. The van der Waals surface area contributed by atoms with Crippen molar-refractivity contribution in [1.29, 1.82) is 0 Å². The number of allylic oxidation sites excluding steroid dienone is 3. The Morgan fingerprint density at radius 2 is 2.21 bits per heavy atom. The van der Waals surface area contributed by atoms with E-state index in [0.717, 1.165) is 26.1 Å². The average molecular weight is 325 g/mol. The molecule has 1 N–H and O–H groups in total. The number of fused-ring (bicyclic) bond motifs is 3. The molecule has 2 atom stereocenters. The molecule has 3 rings (SSSR count). The van der Waals surface area contributed by atoms with Gasteiger partial charge in [0, 0.05) is 30.7 Å². The van der Waals surface area contributed by atoms with Crippen molar-refractivity contribution in [2.75, 3.05) is 24.5 Å². The smallest absolute Gasteiger partial charge is 0.0405 e. The molecule has 1 saturated heterocycles. The zero-order valence-corrected chi connectivity index (χ0v) is 15.7. The third-order valence-electron chi connectivity index (χ3n) is 5.45. The van der Waals surface area contributed by atoms with Crippen molar-refractivity contribution in [3.63, 3.8) is 0 Å². The van der Waals surface area contributed by atoms with Gasteiger partial charge in [0.05, 0.1) is 0 Å². The molecule has 2 unspecified atom stereocenters. The maximum atomic E-state index is 3.60. The van der Waals surface area contributed by atoms with Crippen LogP contribution in [-0.4, -0.2) is 25.7 Å². The van der Waals surface area contributed by atoms with Gasteiger partial charge in [-0.25, -0.2) is 0 Å². The summed E-state index contributed by atoms with van der Waals surface area (Å²) in [7, 11) is 0. The Morgan fingerprint density at radius 3 is 2.96 bits per heavy atom. The van der Waals surface area contributed by atoms with Crippen LogP contribution in [0.5, 0.6) is 0 Å². The fourth-order valence-corrected chi connectivity index (χ4v) is 4.12. The Balaban J connectivity index is 1.77. The Morgan fingerprint density at radius 1 is 1.38 bits per heavy atom. The highest BCUT2D eigenvalue weighted by atomic mass is 15.2. The number of hydrogen-bond acceptors (Lipinski definition) is 2. The molecule has 1 aromatic carbocycles. The molecule has 2 heterocycles. The van der Waals surface area contributed by atoms with Crippen LogP contribution in [0.4, 0.5) is 5.69 Å². The lowest BCUT2D eigenvalue weighted by molar-refractivity contribution is 0.403. The van der Waals surface area contributed by atoms with E-state index < -0.39 is 0 Å². The zero-order chi connectivity index (χ0) is 17.1. The molecule has 0 radical (unpaired) electrons. The number of hydrogen-bond donors (Lipinski definition) is 1. The Kier molecular flexibility index (Phi) is 5.45. The summed E-state index contributed by atoms with van der Waals surface area (Å²) in [6.07, 6.45) is 9.28. The van der Waals surface area contributed by atoms with Gasteiger partial charge < -0.3 is 10.2 Å². The molecular weight excluding hydrogens is 292 g/mol. The molecule has 130 valence electrons. The number of nitrogens with zero attached hydrogens (tertiary/aromatic N) is 1. The van der Waals surface area contributed by atoms with E-state index in [0.29, 0.717) is 17.9 Å². The van der Waals surface area contributed by atoms with Crippen molar-refractivity contribution >= 4 is 5.69 Å². The van der Waals surface area contributed by atoms with E-state index in [-0.39, 0.29) is 0 Å². The van der Waals surface area contributed by atoms with E-state index in [1.54, 1.807) is 5.56 Å². The predicted octanol–water partition coefficient (Wildman–Crippen LogP) is 4.81. The minimum atomic E-state index is 0.615. The largest absolute Gasteiger partial charge is 0.367 e. The predicted molar refractivity (Wildman–Crippen MR) is 105 cm³/mol. The van der Waals surface area contributed by atoms with Crippen molar-refractivity contribution in [3.05, 3.63) is 53.1 Å². The summed E-state index contributed by atoms with van der Waals surface area (Å²) < 4.78 is 0. The van der Waals surface area contributed by atoms with Crippen molar-refractivity contribution < 1.29 is 0 Å². The Labute approximate surface area is 147 Å². The van der Waals surface area contributed by atoms with Crippen LogP contribution in [0.1, 0.15) is 50.7 Å². The first kappa shape index (κ1) is 17.3. The van der Waals surface area contributed by atoms with Crippen molar-refractivity contribution in [2.24, 2.45) is 5.92 Å². The molecule has 1 fully saturated rings. The number of aryl methyl sites for hydroxylation is 1. The number of benzene rings is 1. The molecule has 2 aliphatic heterocycles. The number of anilines is 1. The highest BCUT2D eigenvalue weighted by molar-refractivity contribution is 5.63. The SMILES string of the molecule is C/C=C(\C=C/C(C)C)CCN1c2ccc(C)cc2C2CNCCC21. The highest BCUT2D eigenvalue weighted by Crippen LogP contribution is 2.43. The van der Waals surface area contributed by atoms with Gasteiger partial charge in [-0.1, -0.05) is 55.3 Å². The monoisotopic (exact) mass is 324 g/mol. The first-order valence-electron chi connectivity index (χ1n) is 9.51. The normalized spacial score (nSPS) is 23.9. The van der Waals surface area contributed by atoms with Crippen LogP contribution in [0.15, 0.2) is 42.0 Å². The Bertz CT molecular complexity index is 627. The lowest BCUT2D eigenvalue weighted by Crippen LogP contribution is -2.44. The van der Waals surface area contributed by atoms with Crippen molar-refractivity contribution in [2.45, 2.75) is 52.5 Å². The highest BCUT2D eigenvalue weighted by Gasteiger charge is 2.39. The van der Waals surface area contributed by atoms with Crippen LogP contribution in [-0.2, 0) is 0 Å². The quantitative estimate of drug-likeness (QED) is 0.782. The first-order chi connectivity index (χ1) is 11.6. The molecule has 0 saturated carbocycles. The minimum Gasteiger partial charge on any atom is -0.367 e. The molecule has 2 aliphatic rings. The van der Waals surface area contributed by atoms with Crippen LogP contribution in [0.3, 0.4) is 0 Å². The second kappa shape index (κ2) is 7.57. The van der Waals surface area contributed by atoms with Crippen molar-refractivity contribution in [3.8, 4) is 0 Å². The maximum absolute atomic E-state index is 3.60. The molecule has 0 aliphatic carbocycles. The van der Waals surface area contributed by atoms with Crippen LogP contribution >= 0.6 is 0 Å². The van der Waals surface area contributed by atoms with Crippen LogP contribution < -0.4 is 10.2 Å². The van der Waals surface area contributed by atoms with Crippen molar-refractivity contribution in [1.82, 2.24) is 5.32 Å². The molecule has 0 amide bonds. The summed E-state index contributed by atoms with van der Waals surface area (Å²) in [4.78, 5) is 2.69. The standard InChI is InChI=1S/C22H32N2/c1-5-18(8-6-16(2)3)11-13-24-21-9-7-17(4)14-19(21)20-15-23-12-10-22(20)24/h5-9,14,16,20,22-23H,10-13,15H2,1-4H3/b8-6-,18-5+. The number of nitrogens with one attached hydrogen (secondary N) is 1. The topological polar surface area (TPSA) is 15.3 Å². The van der Waals surface area contributed by atoms with Crippen LogP contribution in [0, 0.1) is 12.8 Å². The lowest BCUT2D eigenvalue weighted by Gasteiger charge is -2.34. The second-order valence-electron chi connectivity index (χ2n) is 7.64. The molecule has 0 spiro atoms. The van der Waals surface area contributed by atoms with Gasteiger partial charge >= 0.3 is 0 Å². The van der Waals surface area contributed by atoms with E-state index in [1.807, 2.05) is 0 Å². The summed E-state index contributed by atoms with van der Waals surface area (Å²) >= 11 is 0. The molecule has 24 heavy (non-hydrogen) atoms. The number of piperidine rings is 1. The molecule has 1 aromatic rings. The van der Waals surface area contributed by atoms with E-state index >= 15 is 0 Å². The van der Waals surface area contributed by atoms with Gasteiger partial charge in [0.15, 0.2) is 0 Å². The first-order valence-corrected chi connectivity index (χ1v) is 9.51. The Hall–Kier alpha value is -1.54. The van der Waals surface area contributed by atoms with Gasteiger partial charge in [-0.15, -0.1) is 0 Å². The summed E-state index contributed by atoms with van der Waals surface area (Å²) in [5.74, 6) is 1.28. The summed E-state index contributed by atoms with van der Waals surface area (Å²) in [6.45, 7) is 12.2. The van der Waals surface area contributed by atoms with E-state index in [2.05, 4.69) is 74.3 Å². The minimum absolute atomic E-state index is 0.615. The molecule has 2 nitrogen and oxygen atoms in total. The van der Waals surface area contributed by atoms with Crippen LogP contribution in [0.2, 0.25) is 0 Å². The average Bonchev–Trinajstić information content (AvgIpc) is 2.88. The zero-order valence-electron chi connectivity index (χ0n) is 15.7. The fourth-order valence-electron chi connectivity index (χ4n) is 4.12. The van der Waals surface area contributed by atoms with Crippen LogP contribution in [0.25, 0.3) is 0 Å². The van der Waals surface area contributed by atoms with Gasteiger partial charge in [0.25, 0.3) is 0 Å². The summed E-state index contributed by atoms with van der Waals surface area (Å²) in [5.41, 5.74) is 5.87. The maximum Gasteiger partial charge on any atom is 0.0405 e. The molecule has 0 bridgehead atoms. The summed E-state index contributed by atoms with van der Waals surface area (Å²) in [5, 5.41) is 3.60. The van der Waals surface area contributed by atoms with Gasteiger partial charge in [-0.2, -0.15) is 0 Å². The van der Waals surface area contributed by atoms with Gasteiger partial charge in [0.1, 0.15) is 0 Å². The summed E-state index contributed by atoms with van der Waals surface area (Å²) in [6, 6.07) is 7.71. The fraction of sp³-hybridized carbons (Fsp3) is 0.545. The molecule has 0 aromatic heterocycles. The lowest BCUT2D eigenvalue weighted by atomic mass is 9.89. The van der Waals surface area contributed by atoms with E-state index in [4.69, 9.17) is 0 Å². The molecular formula is C22H32N2.